The van der Waals surface area contributed by atoms with E-state index in [0.29, 0.717) is 6.04 Å². The maximum atomic E-state index is 5.86. The molecule has 1 aromatic rings. The Kier molecular flexibility index (Phi) is 7.40. The monoisotopic (exact) mass is 255 g/mol. The lowest BCUT2D eigenvalue weighted by molar-refractivity contribution is 0.220. The fourth-order valence-corrected chi connectivity index (χ4v) is 2.57. The molecule has 0 aliphatic rings. The van der Waals surface area contributed by atoms with Crippen molar-refractivity contribution in [3.8, 4) is 0 Å². The molecule has 0 saturated heterocycles. The highest BCUT2D eigenvalue weighted by Crippen LogP contribution is 2.12. The van der Waals surface area contributed by atoms with Crippen molar-refractivity contribution < 1.29 is 0 Å². The third kappa shape index (κ3) is 5.61. The van der Waals surface area contributed by atoms with E-state index in [2.05, 4.69) is 29.2 Å². The number of thiazole rings is 1. The molecule has 0 amide bonds. The summed E-state index contributed by atoms with van der Waals surface area (Å²) in [5.41, 5.74) is 8.91. The van der Waals surface area contributed by atoms with Crippen molar-refractivity contribution in [1.29, 1.82) is 0 Å². The van der Waals surface area contributed by atoms with Gasteiger partial charge in [-0.25, -0.2) is 4.98 Å². The molecule has 0 saturated carbocycles. The average molecular weight is 255 g/mol. The van der Waals surface area contributed by atoms with Crippen molar-refractivity contribution in [2.45, 2.75) is 51.6 Å². The minimum Gasteiger partial charge on any atom is -0.329 e. The van der Waals surface area contributed by atoms with E-state index < -0.39 is 0 Å². The van der Waals surface area contributed by atoms with Crippen LogP contribution in [0.2, 0.25) is 0 Å². The van der Waals surface area contributed by atoms with E-state index in [-0.39, 0.29) is 0 Å². The van der Waals surface area contributed by atoms with Crippen LogP contribution in [0.1, 0.15) is 44.7 Å². The van der Waals surface area contributed by atoms with Crippen molar-refractivity contribution in [2.24, 2.45) is 5.73 Å². The highest BCUT2D eigenvalue weighted by molar-refractivity contribution is 7.07. The van der Waals surface area contributed by atoms with Gasteiger partial charge < -0.3 is 5.73 Å². The Morgan fingerprint density at radius 3 is 2.82 bits per heavy atom. The first-order valence-corrected chi connectivity index (χ1v) is 7.49. The third-order valence-electron chi connectivity index (χ3n) is 3.18. The predicted molar refractivity (Wildman–Crippen MR) is 75.2 cm³/mol. The molecule has 1 rings (SSSR count). The molecule has 0 spiro atoms. The van der Waals surface area contributed by atoms with Gasteiger partial charge in [0.05, 0.1) is 11.2 Å². The number of rotatable bonds is 9. The molecule has 1 atom stereocenters. The first kappa shape index (κ1) is 14.6. The lowest BCUT2D eigenvalue weighted by Crippen LogP contribution is -2.37. The van der Waals surface area contributed by atoms with Gasteiger partial charge in [-0.2, -0.15) is 0 Å². The summed E-state index contributed by atoms with van der Waals surface area (Å²) in [5.74, 6) is 0. The molecule has 0 aromatic carbocycles. The molecule has 0 bridgehead atoms. The maximum absolute atomic E-state index is 5.86. The van der Waals surface area contributed by atoms with E-state index in [1.54, 1.807) is 11.3 Å². The molecule has 2 N–H and O–H groups in total. The number of likely N-dealkylation sites (N-methyl/N-ethyl adjacent to an activating group) is 1. The second-order valence-electron chi connectivity index (χ2n) is 4.63. The van der Waals surface area contributed by atoms with Crippen LogP contribution in [-0.2, 0) is 6.54 Å². The van der Waals surface area contributed by atoms with E-state index >= 15 is 0 Å². The first-order chi connectivity index (χ1) is 8.27. The second-order valence-corrected chi connectivity index (χ2v) is 5.35. The molecule has 0 aliphatic heterocycles. The summed E-state index contributed by atoms with van der Waals surface area (Å²) in [7, 11) is 2.15. The van der Waals surface area contributed by atoms with Gasteiger partial charge in [-0.05, 0) is 13.5 Å². The first-order valence-electron chi connectivity index (χ1n) is 6.55. The number of nitrogens with zero attached hydrogens (tertiary/aromatic N) is 2. The topological polar surface area (TPSA) is 42.1 Å². The SMILES string of the molecule is CCCCCCC(CN)N(C)Cc1cscn1. The summed E-state index contributed by atoms with van der Waals surface area (Å²) in [6.45, 7) is 3.90. The molecular formula is C13H25N3S. The van der Waals surface area contributed by atoms with E-state index in [1.807, 2.05) is 5.51 Å². The van der Waals surface area contributed by atoms with E-state index in [4.69, 9.17) is 5.73 Å². The van der Waals surface area contributed by atoms with Crippen molar-refractivity contribution in [1.82, 2.24) is 9.88 Å². The smallest absolute Gasteiger partial charge is 0.0795 e. The van der Waals surface area contributed by atoms with Gasteiger partial charge in [-0.1, -0.05) is 32.6 Å². The van der Waals surface area contributed by atoms with Crippen molar-refractivity contribution in [3.05, 3.63) is 16.6 Å². The molecule has 3 nitrogen and oxygen atoms in total. The summed E-state index contributed by atoms with van der Waals surface area (Å²) in [6, 6.07) is 0.494. The Morgan fingerprint density at radius 1 is 1.41 bits per heavy atom. The van der Waals surface area contributed by atoms with Crippen LogP contribution in [0, 0.1) is 0 Å². The van der Waals surface area contributed by atoms with E-state index in [9.17, 15) is 0 Å². The lowest BCUT2D eigenvalue weighted by Gasteiger charge is -2.26. The highest BCUT2D eigenvalue weighted by Gasteiger charge is 2.13. The molecule has 1 unspecified atom stereocenters. The Labute approximate surface area is 109 Å². The molecule has 17 heavy (non-hydrogen) atoms. The largest absolute Gasteiger partial charge is 0.329 e. The highest BCUT2D eigenvalue weighted by atomic mass is 32.1. The molecule has 1 aromatic heterocycles. The van der Waals surface area contributed by atoms with Crippen molar-refractivity contribution >= 4 is 11.3 Å². The number of unbranched alkanes of at least 4 members (excludes halogenated alkanes) is 3. The van der Waals surface area contributed by atoms with E-state index in [0.717, 1.165) is 18.8 Å². The van der Waals surface area contributed by atoms with Gasteiger partial charge in [0.2, 0.25) is 0 Å². The van der Waals surface area contributed by atoms with Gasteiger partial charge in [-0.15, -0.1) is 11.3 Å². The Balaban J connectivity index is 2.28. The molecule has 4 heteroatoms. The van der Waals surface area contributed by atoms with Crippen molar-refractivity contribution in [2.75, 3.05) is 13.6 Å². The number of aromatic nitrogens is 1. The van der Waals surface area contributed by atoms with Crippen LogP contribution in [0.5, 0.6) is 0 Å². The zero-order valence-electron chi connectivity index (χ0n) is 11.1. The van der Waals surface area contributed by atoms with Crippen LogP contribution in [-0.4, -0.2) is 29.5 Å². The minimum absolute atomic E-state index is 0.494. The summed E-state index contributed by atoms with van der Waals surface area (Å²) in [4.78, 5) is 6.65. The lowest BCUT2D eigenvalue weighted by atomic mass is 10.1. The normalized spacial score (nSPS) is 13.2. The predicted octanol–water partition coefficient (Wildman–Crippen LogP) is 2.87. The third-order valence-corrected chi connectivity index (χ3v) is 3.82. The van der Waals surface area contributed by atoms with Gasteiger partial charge in [0, 0.05) is 24.5 Å². The molecule has 1 heterocycles. The second kappa shape index (κ2) is 8.61. The van der Waals surface area contributed by atoms with Crippen LogP contribution in [0.25, 0.3) is 0 Å². The van der Waals surface area contributed by atoms with Gasteiger partial charge in [-0.3, -0.25) is 4.90 Å². The maximum Gasteiger partial charge on any atom is 0.0795 e. The molecule has 0 radical (unpaired) electrons. The zero-order valence-corrected chi connectivity index (χ0v) is 11.9. The zero-order chi connectivity index (χ0) is 12.5. The van der Waals surface area contributed by atoms with Crippen LogP contribution in [0.4, 0.5) is 0 Å². The Morgan fingerprint density at radius 2 is 2.24 bits per heavy atom. The Bertz CT molecular complexity index is 274. The standard InChI is InChI=1S/C13H25N3S/c1-3-4-5-6-7-13(8-14)16(2)9-12-10-17-11-15-12/h10-11,13H,3-9,14H2,1-2H3. The summed E-state index contributed by atoms with van der Waals surface area (Å²) in [5, 5.41) is 2.11. The van der Waals surface area contributed by atoms with Crippen LogP contribution >= 0.6 is 11.3 Å². The molecule has 0 fully saturated rings. The van der Waals surface area contributed by atoms with Crippen molar-refractivity contribution in [3.63, 3.8) is 0 Å². The van der Waals surface area contributed by atoms with Gasteiger partial charge in [0.1, 0.15) is 0 Å². The average Bonchev–Trinajstić information content (AvgIpc) is 2.82. The number of hydrogen-bond donors (Lipinski definition) is 1. The quantitative estimate of drug-likeness (QED) is 0.690. The minimum atomic E-state index is 0.494. The van der Waals surface area contributed by atoms with Gasteiger partial charge in [0.15, 0.2) is 0 Å². The molecule has 98 valence electrons. The van der Waals surface area contributed by atoms with Crippen LogP contribution < -0.4 is 5.73 Å². The summed E-state index contributed by atoms with van der Waals surface area (Å²) >= 11 is 1.66. The summed E-state index contributed by atoms with van der Waals surface area (Å²) < 4.78 is 0. The fourth-order valence-electron chi connectivity index (χ4n) is 2.03. The van der Waals surface area contributed by atoms with Crippen LogP contribution in [0.3, 0.4) is 0 Å². The van der Waals surface area contributed by atoms with Gasteiger partial charge >= 0.3 is 0 Å². The molecule has 0 aliphatic carbocycles. The summed E-state index contributed by atoms with van der Waals surface area (Å²) in [6.07, 6.45) is 6.46. The number of hydrogen-bond acceptors (Lipinski definition) is 4. The molecular weight excluding hydrogens is 230 g/mol. The Hall–Kier alpha value is -0.450. The van der Waals surface area contributed by atoms with E-state index in [1.165, 1.54) is 32.1 Å². The number of nitrogens with two attached hydrogens (primary N) is 1. The van der Waals surface area contributed by atoms with Gasteiger partial charge in [0.25, 0.3) is 0 Å². The van der Waals surface area contributed by atoms with Crippen LogP contribution in [0.15, 0.2) is 10.9 Å². The fraction of sp³-hybridized carbons (Fsp3) is 0.769.